The van der Waals surface area contributed by atoms with E-state index in [0.717, 1.165) is 23.3 Å². The zero-order chi connectivity index (χ0) is 12.7. The molecular formula is C13H17BrN2O. The average molecular weight is 297 g/mol. The third-order valence-corrected chi connectivity index (χ3v) is 2.98. The van der Waals surface area contributed by atoms with Crippen LogP contribution in [0.2, 0.25) is 0 Å². The fourth-order valence-electron chi connectivity index (χ4n) is 1.37. The summed E-state index contributed by atoms with van der Waals surface area (Å²) >= 11 is 3.46. The summed E-state index contributed by atoms with van der Waals surface area (Å²) in [6.45, 7) is 5.79. The van der Waals surface area contributed by atoms with Crippen LogP contribution in [-0.4, -0.2) is 12.6 Å². The Kier molecular flexibility index (Phi) is 6.03. The number of rotatable bonds is 6. The van der Waals surface area contributed by atoms with Crippen LogP contribution >= 0.6 is 15.9 Å². The summed E-state index contributed by atoms with van der Waals surface area (Å²) in [7, 11) is 0. The minimum Gasteiger partial charge on any atom is -0.474 e. The summed E-state index contributed by atoms with van der Waals surface area (Å²) in [5.41, 5.74) is 1.19. The van der Waals surface area contributed by atoms with Crippen molar-refractivity contribution < 1.29 is 4.74 Å². The summed E-state index contributed by atoms with van der Waals surface area (Å²) in [4.78, 5) is 0. The molecule has 0 fully saturated rings. The maximum atomic E-state index is 8.85. The SMILES string of the molecule is CCNCc1ccc(OC(C#N)CC)c(Br)c1. The second kappa shape index (κ2) is 7.31. The second-order valence-corrected chi connectivity index (χ2v) is 4.54. The van der Waals surface area contributed by atoms with Gasteiger partial charge >= 0.3 is 0 Å². The van der Waals surface area contributed by atoms with Gasteiger partial charge in [-0.25, -0.2) is 0 Å². The van der Waals surface area contributed by atoms with E-state index in [0.29, 0.717) is 6.42 Å². The molecule has 0 amide bonds. The molecule has 0 aliphatic carbocycles. The largest absolute Gasteiger partial charge is 0.474 e. The number of halogens is 1. The van der Waals surface area contributed by atoms with E-state index in [9.17, 15) is 0 Å². The van der Waals surface area contributed by atoms with Gasteiger partial charge in [-0.05, 0) is 46.6 Å². The molecule has 0 aliphatic heterocycles. The maximum absolute atomic E-state index is 8.85. The lowest BCUT2D eigenvalue weighted by atomic mass is 10.2. The van der Waals surface area contributed by atoms with Gasteiger partial charge in [0, 0.05) is 6.54 Å². The van der Waals surface area contributed by atoms with Gasteiger partial charge in [0.2, 0.25) is 0 Å². The third kappa shape index (κ3) is 4.37. The van der Waals surface area contributed by atoms with Crippen molar-refractivity contribution in [3.05, 3.63) is 28.2 Å². The molecule has 0 radical (unpaired) electrons. The van der Waals surface area contributed by atoms with Gasteiger partial charge in [0.25, 0.3) is 0 Å². The second-order valence-electron chi connectivity index (χ2n) is 3.69. The molecule has 1 rings (SSSR count). The molecule has 0 saturated heterocycles. The first-order valence-electron chi connectivity index (χ1n) is 5.76. The molecule has 17 heavy (non-hydrogen) atoms. The van der Waals surface area contributed by atoms with Crippen molar-refractivity contribution in [3.63, 3.8) is 0 Å². The molecule has 1 unspecified atom stereocenters. The Labute approximate surface area is 111 Å². The van der Waals surface area contributed by atoms with Crippen molar-refractivity contribution in [2.24, 2.45) is 0 Å². The summed E-state index contributed by atoms with van der Waals surface area (Å²) in [6.07, 6.45) is 0.299. The molecule has 0 heterocycles. The number of ether oxygens (including phenoxy) is 1. The molecule has 1 atom stereocenters. The number of hydrogen-bond donors (Lipinski definition) is 1. The molecular weight excluding hydrogens is 280 g/mol. The van der Waals surface area contributed by atoms with Crippen molar-refractivity contribution >= 4 is 15.9 Å². The zero-order valence-electron chi connectivity index (χ0n) is 10.2. The summed E-state index contributed by atoms with van der Waals surface area (Å²) < 4.78 is 6.47. The quantitative estimate of drug-likeness (QED) is 0.876. The van der Waals surface area contributed by atoms with Crippen LogP contribution in [0, 0.1) is 11.3 Å². The lowest BCUT2D eigenvalue weighted by molar-refractivity contribution is 0.250. The number of hydrogen-bond acceptors (Lipinski definition) is 3. The van der Waals surface area contributed by atoms with Crippen molar-refractivity contribution in [2.45, 2.75) is 32.9 Å². The predicted octanol–water partition coefficient (Wildman–Crippen LogP) is 3.24. The Balaban J connectivity index is 2.72. The molecule has 3 nitrogen and oxygen atoms in total. The highest BCUT2D eigenvalue weighted by atomic mass is 79.9. The van der Waals surface area contributed by atoms with E-state index >= 15 is 0 Å². The number of benzene rings is 1. The number of nitrogens with zero attached hydrogens (tertiary/aromatic N) is 1. The Morgan fingerprint density at radius 3 is 2.76 bits per heavy atom. The third-order valence-electron chi connectivity index (χ3n) is 2.36. The summed E-state index contributed by atoms with van der Waals surface area (Å²) in [5, 5.41) is 12.1. The van der Waals surface area contributed by atoms with E-state index in [1.54, 1.807) is 0 Å². The highest BCUT2D eigenvalue weighted by molar-refractivity contribution is 9.10. The van der Waals surface area contributed by atoms with Gasteiger partial charge in [-0.2, -0.15) is 5.26 Å². The number of nitriles is 1. The molecule has 0 bridgehead atoms. The molecule has 4 heteroatoms. The topological polar surface area (TPSA) is 45.0 Å². The van der Waals surface area contributed by atoms with Crippen molar-refractivity contribution in [3.8, 4) is 11.8 Å². The summed E-state index contributed by atoms with van der Waals surface area (Å²) in [5.74, 6) is 0.721. The van der Waals surface area contributed by atoms with E-state index in [1.165, 1.54) is 5.56 Å². The van der Waals surface area contributed by atoms with Gasteiger partial charge in [-0.15, -0.1) is 0 Å². The standard InChI is InChI=1S/C13H17BrN2O/c1-3-11(8-15)17-13-6-5-10(7-12(13)14)9-16-4-2/h5-7,11,16H,3-4,9H2,1-2H3. The van der Waals surface area contributed by atoms with Gasteiger partial charge in [0.15, 0.2) is 6.10 Å². The first-order chi connectivity index (χ1) is 8.21. The summed E-state index contributed by atoms with van der Waals surface area (Å²) in [6, 6.07) is 8.04. The fraction of sp³-hybridized carbons (Fsp3) is 0.462. The van der Waals surface area contributed by atoms with Gasteiger partial charge in [-0.1, -0.05) is 19.9 Å². The van der Waals surface area contributed by atoms with E-state index in [2.05, 4.69) is 34.2 Å². The maximum Gasteiger partial charge on any atom is 0.184 e. The average Bonchev–Trinajstić information content (AvgIpc) is 2.35. The van der Waals surface area contributed by atoms with Crippen molar-refractivity contribution in [2.75, 3.05) is 6.54 Å². The van der Waals surface area contributed by atoms with Crippen LogP contribution in [0.4, 0.5) is 0 Å². The van der Waals surface area contributed by atoms with Crippen molar-refractivity contribution in [1.82, 2.24) is 5.32 Å². The molecule has 0 aromatic heterocycles. The first kappa shape index (κ1) is 14.0. The van der Waals surface area contributed by atoms with E-state index in [4.69, 9.17) is 10.00 Å². The van der Waals surface area contributed by atoms with Crippen LogP contribution in [0.25, 0.3) is 0 Å². The first-order valence-corrected chi connectivity index (χ1v) is 6.56. The highest BCUT2D eigenvalue weighted by Gasteiger charge is 2.09. The minimum atomic E-state index is -0.383. The van der Waals surface area contributed by atoms with E-state index in [1.807, 2.05) is 25.1 Å². The Hall–Kier alpha value is -1.05. The Morgan fingerprint density at radius 2 is 2.24 bits per heavy atom. The number of nitrogens with one attached hydrogen (secondary N) is 1. The normalized spacial score (nSPS) is 11.9. The smallest absolute Gasteiger partial charge is 0.184 e. The highest BCUT2D eigenvalue weighted by Crippen LogP contribution is 2.27. The van der Waals surface area contributed by atoms with Gasteiger partial charge < -0.3 is 10.1 Å². The van der Waals surface area contributed by atoms with E-state index < -0.39 is 0 Å². The fourth-order valence-corrected chi connectivity index (χ4v) is 1.89. The van der Waals surface area contributed by atoms with Gasteiger partial charge in [0.1, 0.15) is 11.8 Å². The predicted molar refractivity (Wildman–Crippen MR) is 71.8 cm³/mol. The van der Waals surface area contributed by atoms with Crippen LogP contribution < -0.4 is 10.1 Å². The lowest BCUT2D eigenvalue weighted by Crippen LogP contribution is -2.13. The zero-order valence-corrected chi connectivity index (χ0v) is 11.8. The molecule has 0 saturated carbocycles. The minimum absolute atomic E-state index is 0.383. The van der Waals surface area contributed by atoms with Crippen LogP contribution in [-0.2, 0) is 6.54 Å². The molecule has 0 spiro atoms. The van der Waals surface area contributed by atoms with E-state index in [-0.39, 0.29) is 6.10 Å². The van der Waals surface area contributed by atoms with Crippen LogP contribution in [0.5, 0.6) is 5.75 Å². The van der Waals surface area contributed by atoms with Gasteiger partial charge in [0.05, 0.1) is 4.47 Å². The van der Waals surface area contributed by atoms with Gasteiger partial charge in [-0.3, -0.25) is 0 Å². The Bertz CT molecular complexity index is 401. The Morgan fingerprint density at radius 1 is 1.47 bits per heavy atom. The molecule has 1 N–H and O–H groups in total. The van der Waals surface area contributed by atoms with Crippen LogP contribution in [0.15, 0.2) is 22.7 Å². The molecule has 1 aromatic rings. The lowest BCUT2D eigenvalue weighted by Gasteiger charge is -2.13. The molecule has 1 aromatic carbocycles. The molecule has 92 valence electrons. The van der Waals surface area contributed by atoms with Crippen LogP contribution in [0.1, 0.15) is 25.8 Å². The monoisotopic (exact) mass is 296 g/mol. The molecule has 0 aliphatic rings. The van der Waals surface area contributed by atoms with Crippen molar-refractivity contribution in [1.29, 1.82) is 5.26 Å². The van der Waals surface area contributed by atoms with Crippen LogP contribution in [0.3, 0.4) is 0 Å².